The van der Waals surface area contributed by atoms with Gasteiger partial charge in [0.1, 0.15) is 6.61 Å². The lowest BCUT2D eigenvalue weighted by atomic mass is 9.96. The Labute approximate surface area is 124 Å². The van der Waals surface area contributed by atoms with Crippen molar-refractivity contribution in [2.45, 2.75) is 42.4 Å². The first-order valence-corrected chi connectivity index (χ1v) is 8.44. The summed E-state index contributed by atoms with van der Waals surface area (Å²) in [6.45, 7) is -0.216. The fraction of sp³-hybridized carbons (Fsp3) is 0.467. The van der Waals surface area contributed by atoms with Crippen LogP contribution in [0.25, 0.3) is 0 Å². The van der Waals surface area contributed by atoms with E-state index in [-0.39, 0.29) is 29.8 Å². The van der Waals surface area contributed by atoms with Crippen LogP contribution in [0.15, 0.2) is 29.2 Å². The molecule has 3 unspecified atom stereocenters. The third-order valence-electron chi connectivity index (χ3n) is 3.89. The van der Waals surface area contributed by atoms with Crippen LogP contribution in [0.2, 0.25) is 0 Å². The van der Waals surface area contributed by atoms with Gasteiger partial charge in [-0.05, 0) is 43.5 Å². The second-order valence-corrected chi connectivity index (χ2v) is 7.04. The molecule has 0 aromatic heterocycles. The van der Waals surface area contributed by atoms with E-state index in [1.165, 1.54) is 12.1 Å². The lowest BCUT2D eigenvalue weighted by molar-refractivity contribution is 0.0996. The first-order chi connectivity index (χ1) is 10.1. The summed E-state index contributed by atoms with van der Waals surface area (Å²) in [5.41, 5.74) is 0.672. The molecule has 21 heavy (non-hydrogen) atoms. The molecule has 2 aliphatic heterocycles. The van der Waals surface area contributed by atoms with Gasteiger partial charge in [-0.1, -0.05) is 11.8 Å². The van der Waals surface area contributed by atoms with Gasteiger partial charge in [-0.25, -0.2) is 13.1 Å². The number of fused-ring (bicyclic) bond motifs is 2. The Morgan fingerprint density at radius 3 is 2.62 bits per heavy atom. The first kappa shape index (κ1) is 14.5. The molecule has 0 aliphatic carbocycles. The van der Waals surface area contributed by atoms with Crippen LogP contribution in [-0.4, -0.2) is 38.4 Å². The third-order valence-corrected chi connectivity index (χ3v) is 5.39. The van der Waals surface area contributed by atoms with Gasteiger partial charge in [-0.3, -0.25) is 0 Å². The molecule has 5 nitrogen and oxygen atoms in total. The molecule has 0 saturated carbocycles. The molecule has 6 heteroatoms. The monoisotopic (exact) mass is 307 g/mol. The number of aliphatic hydroxyl groups is 1. The van der Waals surface area contributed by atoms with Gasteiger partial charge < -0.3 is 9.84 Å². The molecular formula is C15H17NO4S. The Morgan fingerprint density at radius 1 is 1.29 bits per heavy atom. The molecule has 1 aromatic carbocycles. The van der Waals surface area contributed by atoms with Gasteiger partial charge in [-0.2, -0.15) is 0 Å². The Hall–Kier alpha value is -1.39. The van der Waals surface area contributed by atoms with Crippen molar-refractivity contribution in [2.24, 2.45) is 0 Å². The van der Waals surface area contributed by atoms with Crippen LogP contribution >= 0.6 is 0 Å². The van der Waals surface area contributed by atoms with Crippen molar-refractivity contribution < 1.29 is 18.3 Å². The van der Waals surface area contributed by atoms with E-state index in [0.29, 0.717) is 5.56 Å². The highest BCUT2D eigenvalue weighted by Crippen LogP contribution is 2.34. The molecule has 2 N–H and O–H groups in total. The maximum Gasteiger partial charge on any atom is 0.240 e. The molecule has 2 fully saturated rings. The Bertz CT molecular complexity index is 672. The fourth-order valence-corrected chi connectivity index (χ4v) is 4.17. The Kier molecular flexibility index (Phi) is 4.00. The average molecular weight is 307 g/mol. The molecular weight excluding hydrogens is 290 g/mol. The van der Waals surface area contributed by atoms with Crippen LogP contribution in [0.5, 0.6) is 0 Å². The smallest absolute Gasteiger partial charge is 0.240 e. The van der Waals surface area contributed by atoms with E-state index in [2.05, 4.69) is 16.6 Å². The first-order valence-electron chi connectivity index (χ1n) is 6.96. The molecule has 0 radical (unpaired) electrons. The predicted molar refractivity (Wildman–Crippen MR) is 77.0 cm³/mol. The highest BCUT2D eigenvalue weighted by Gasteiger charge is 2.42. The molecule has 2 saturated heterocycles. The lowest BCUT2D eigenvalue weighted by Gasteiger charge is -2.19. The Morgan fingerprint density at radius 2 is 2.05 bits per heavy atom. The van der Waals surface area contributed by atoms with E-state index in [1.54, 1.807) is 12.1 Å². The number of hydrogen-bond donors (Lipinski definition) is 2. The highest BCUT2D eigenvalue weighted by atomic mass is 32.2. The van der Waals surface area contributed by atoms with Crippen molar-refractivity contribution in [3.8, 4) is 11.8 Å². The van der Waals surface area contributed by atoms with Gasteiger partial charge in [0, 0.05) is 5.56 Å². The summed E-state index contributed by atoms with van der Waals surface area (Å²) in [5, 5.41) is 8.63. The minimum Gasteiger partial charge on any atom is -0.384 e. The van der Waals surface area contributed by atoms with Crippen molar-refractivity contribution in [1.82, 2.24) is 4.72 Å². The Balaban J connectivity index is 1.72. The maximum atomic E-state index is 12.3. The van der Waals surface area contributed by atoms with Crippen LogP contribution < -0.4 is 4.72 Å². The predicted octanol–water partition coefficient (Wildman–Crippen LogP) is 0.629. The van der Waals surface area contributed by atoms with Crippen LogP contribution in [0.3, 0.4) is 0 Å². The quantitative estimate of drug-likeness (QED) is 0.803. The summed E-state index contributed by atoms with van der Waals surface area (Å²) in [7, 11) is -3.53. The zero-order valence-electron chi connectivity index (χ0n) is 11.5. The lowest BCUT2D eigenvalue weighted by Crippen LogP contribution is -2.41. The molecule has 2 heterocycles. The molecule has 0 amide bonds. The number of sulfonamides is 1. The minimum atomic E-state index is -3.53. The molecule has 3 atom stereocenters. The van der Waals surface area contributed by atoms with E-state index < -0.39 is 10.0 Å². The average Bonchev–Trinajstić information content (AvgIpc) is 3.07. The van der Waals surface area contributed by atoms with Crippen molar-refractivity contribution in [3.05, 3.63) is 29.8 Å². The molecule has 0 spiro atoms. The van der Waals surface area contributed by atoms with Crippen LogP contribution in [0.4, 0.5) is 0 Å². The summed E-state index contributed by atoms with van der Waals surface area (Å²) >= 11 is 0. The van der Waals surface area contributed by atoms with Crippen LogP contribution in [-0.2, 0) is 14.8 Å². The van der Waals surface area contributed by atoms with Gasteiger partial charge in [-0.15, -0.1) is 0 Å². The maximum absolute atomic E-state index is 12.3. The van der Waals surface area contributed by atoms with Gasteiger partial charge in [0.25, 0.3) is 0 Å². The van der Waals surface area contributed by atoms with E-state index in [9.17, 15) is 8.42 Å². The van der Waals surface area contributed by atoms with Crippen molar-refractivity contribution in [2.75, 3.05) is 6.61 Å². The number of benzene rings is 1. The van der Waals surface area contributed by atoms with Gasteiger partial charge in [0.15, 0.2) is 0 Å². The van der Waals surface area contributed by atoms with E-state index in [0.717, 1.165) is 19.3 Å². The summed E-state index contributed by atoms with van der Waals surface area (Å²) in [5.74, 6) is 5.26. The fourth-order valence-electron chi connectivity index (χ4n) is 2.89. The normalized spacial score (nSPS) is 27.4. The zero-order valence-corrected chi connectivity index (χ0v) is 12.3. The summed E-state index contributed by atoms with van der Waals surface area (Å²) < 4.78 is 33.1. The standard InChI is InChI=1S/C15H17NO4S/c17-9-1-2-11-3-6-13(7-4-11)21(18,19)16-14-10-12-5-8-15(14)20-12/h3-4,6-7,12,14-17H,5,8-10H2. The summed E-state index contributed by atoms with van der Waals surface area (Å²) in [4.78, 5) is 0.222. The molecule has 3 rings (SSSR count). The van der Waals surface area contributed by atoms with Crippen molar-refractivity contribution in [3.63, 3.8) is 0 Å². The van der Waals surface area contributed by atoms with E-state index in [4.69, 9.17) is 9.84 Å². The van der Waals surface area contributed by atoms with Gasteiger partial charge in [0.2, 0.25) is 10.0 Å². The number of aliphatic hydroxyl groups excluding tert-OH is 1. The third kappa shape index (κ3) is 3.11. The molecule has 2 aliphatic rings. The van der Waals surface area contributed by atoms with Gasteiger partial charge >= 0.3 is 0 Å². The van der Waals surface area contributed by atoms with Crippen LogP contribution in [0.1, 0.15) is 24.8 Å². The number of hydrogen-bond acceptors (Lipinski definition) is 4. The number of rotatable bonds is 3. The summed E-state index contributed by atoms with van der Waals surface area (Å²) in [6.07, 6.45) is 2.93. The SMILES string of the molecule is O=S(=O)(NC1CC2CCC1O2)c1ccc(C#CCO)cc1. The van der Waals surface area contributed by atoms with Crippen LogP contribution in [0, 0.1) is 11.8 Å². The molecule has 1 aromatic rings. The summed E-state index contributed by atoms with van der Waals surface area (Å²) in [6, 6.07) is 6.20. The topological polar surface area (TPSA) is 75.6 Å². The van der Waals surface area contributed by atoms with E-state index in [1.807, 2.05) is 0 Å². The largest absolute Gasteiger partial charge is 0.384 e. The van der Waals surface area contributed by atoms with Crippen molar-refractivity contribution >= 4 is 10.0 Å². The van der Waals surface area contributed by atoms with Crippen molar-refractivity contribution in [1.29, 1.82) is 0 Å². The highest BCUT2D eigenvalue weighted by molar-refractivity contribution is 7.89. The van der Waals surface area contributed by atoms with Gasteiger partial charge in [0.05, 0.1) is 23.1 Å². The molecule has 112 valence electrons. The zero-order chi connectivity index (χ0) is 14.9. The second-order valence-electron chi connectivity index (χ2n) is 5.32. The van der Waals surface area contributed by atoms with E-state index >= 15 is 0 Å². The minimum absolute atomic E-state index is 0.0134. The molecule has 2 bridgehead atoms. The second kappa shape index (κ2) is 5.78. The number of nitrogens with one attached hydrogen (secondary N) is 1. The number of ether oxygens (including phenoxy) is 1.